The van der Waals surface area contributed by atoms with Crippen molar-refractivity contribution in [3.63, 3.8) is 0 Å². The number of allylic oxidation sites excluding steroid dienone is 22. The number of ether oxygens (including phenoxy) is 2. The fraction of sp³-hybridized carbons (Fsp3) is 0.671. The molecule has 0 aromatic rings. The lowest BCUT2D eigenvalue weighted by Gasteiger charge is -2.15. The van der Waals surface area contributed by atoms with Crippen LogP contribution in [0.15, 0.2) is 134 Å². The Kier molecular flexibility index (Phi) is 63.9. The molecule has 0 bridgehead atoms. The molecule has 5 nitrogen and oxygen atoms in total. The van der Waals surface area contributed by atoms with E-state index in [-0.39, 0.29) is 25.2 Å². The van der Waals surface area contributed by atoms with Gasteiger partial charge in [0.15, 0.2) is 6.10 Å². The van der Waals surface area contributed by atoms with Crippen molar-refractivity contribution in [2.45, 2.75) is 302 Å². The van der Waals surface area contributed by atoms with Crippen LogP contribution in [-0.2, 0) is 19.1 Å². The van der Waals surface area contributed by atoms with E-state index in [4.69, 9.17) is 9.47 Å². The maximum Gasteiger partial charge on any atom is 0.306 e. The fourth-order valence-corrected chi connectivity index (χ4v) is 9.12. The summed E-state index contributed by atoms with van der Waals surface area (Å²) in [7, 11) is 0. The van der Waals surface area contributed by atoms with Gasteiger partial charge >= 0.3 is 11.9 Å². The normalized spacial score (nSPS) is 13.1. The summed E-state index contributed by atoms with van der Waals surface area (Å²) in [5, 5.41) is 9.69. The molecule has 0 heterocycles. The summed E-state index contributed by atoms with van der Waals surface area (Å²) < 4.78 is 10.7. The minimum Gasteiger partial charge on any atom is -0.462 e. The molecule has 0 aromatic carbocycles. The van der Waals surface area contributed by atoms with Gasteiger partial charge in [0.1, 0.15) is 6.61 Å². The number of aliphatic hydroxyl groups excluding tert-OH is 1. The zero-order chi connectivity index (χ0) is 56.2. The molecule has 0 aromatic heterocycles. The lowest BCUT2D eigenvalue weighted by Crippen LogP contribution is -2.28. The van der Waals surface area contributed by atoms with Crippen LogP contribution < -0.4 is 0 Å². The van der Waals surface area contributed by atoms with Crippen LogP contribution in [-0.4, -0.2) is 36.4 Å². The van der Waals surface area contributed by atoms with Gasteiger partial charge in [0.25, 0.3) is 0 Å². The highest BCUT2D eigenvalue weighted by Gasteiger charge is 2.16. The van der Waals surface area contributed by atoms with Gasteiger partial charge < -0.3 is 14.6 Å². The highest BCUT2D eigenvalue weighted by molar-refractivity contribution is 5.70. The number of unbranched alkanes of at least 4 members (excludes halogenated alkanes) is 29. The minimum atomic E-state index is -0.782. The second-order valence-electron chi connectivity index (χ2n) is 21.4. The Bertz CT molecular complexity index is 1600. The third-order valence-corrected chi connectivity index (χ3v) is 13.9. The van der Waals surface area contributed by atoms with Gasteiger partial charge in [0.2, 0.25) is 0 Å². The topological polar surface area (TPSA) is 72.8 Å². The molecule has 0 aliphatic rings. The van der Waals surface area contributed by atoms with Gasteiger partial charge in [-0.25, -0.2) is 0 Å². The largest absolute Gasteiger partial charge is 0.462 e. The maximum atomic E-state index is 12.4. The molecular formula is C73H122O5. The van der Waals surface area contributed by atoms with Crippen LogP contribution in [0.5, 0.6) is 0 Å². The quantitative estimate of drug-likeness (QED) is 0.0373. The third-order valence-electron chi connectivity index (χ3n) is 13.9. The number of carbonyl (C=O) groups excluding carboxylic acids is 2. The maximum absolute atomic E-state index is 12.4. The fourth-order valence-electron chi connectivity index (χ4n) is 9.12. The van der Waals surface area contributed by atoms with Crippen molar-refractivity contribution >= 4 is 11.9 Å². The van der Waals surface area contributed by atoms with E-state index in [0.29, 0.717) is 12.8 Å². The number of esters is 2. The second-order valence-corrected chi connectivity index (χ2v) is 21.4. The standard InChI is InChI=1S/C73H122O5/c1-3-5-7-9-11-13-15-17-19-21-23-25-27-29-31-33-35-36-38-40-42-44-46-48-50-52-54-56-58-60-62-64-66-68-73(76)78-71(69-74)70-77-72(75)67-65-63-61-59-57-55-53-51-49-47-45-43-41-39-37-34-32-30-28-26-24-22-20-18-16-14-12-10-8-6-4-2/h5-8,11-14,17-20,23-26,29,31,35-36,40,42,71,74H,3-4,9-10,15-16,21-22,27-28,30,32-34,37-39,41,43-70H2,1-2H3/b7-5-,8-6-,13-11-,14-12-,19-17-,20-18-,25-23-,26-24-,31-29-,36-35-,42-40-. The summed E-state index contributed by atoms with van der Waals surface area (Å²) in [6.45, 7) is 3.93. The Labute approximate surface area is 483 Å². The van der Waals surface area contributed by atoms with Gasteiger partial charge in [-0.3, -0.25) is 9.59 Å². The van der Waals surface area contributed by atoms with E-state index < -0.39 is 6.10 Å². The average Bonchev–Trinajstić information content (AvgIpc) is 3.44. The monoisotopic (exact) mass is 1080 g/mol. The smallest absolute Gasteiger partial charge is 0.306 e. The second kappa shape index (κ2) is 67.3. The lowest BCUT2D eigenvalue weighted by atomic mass is 10.0. The number of hydrogen-bond acceptors (Lipinski definition) is 5. The van der Waals surface area contributed by atoms with Crippen molar-refractivity contribution in [1.82, 2.24) is 0 Å². The summed E-state index contributed by atoms with van der Waals surface area (Å²) in [6.07, 6.45) is 100. The molecule has 5 heteroatoms. The molecule has 1 N–H and O–H groups in total. The number of carbonyl (C=O) groups is 2. The van der Waals surface area contributed by atoms with E-state index in [2.05, 4.69) is 148 Å². The molecule has 0 aliphatic heterocycles. The Balaban J connectivity index is 3.50. The van der Waals surface area contributed by atoms with E-state index in [1.807, 2.05) is 0 Å². The van der Waals surface area contributed by atoms with Crippen LogP contribution in [0.4, 0.5) is 0 Å². The highest BCUT2D eigenvalue weighted by atomic mass is 16.6. The molecule has 0 spiro atoms. The molecule has 0 saturated heterocycles. The average molecular weight is 1080 g/mol. The molecule has 1 unspecified atom stereocenters. The Morgan fingerprint density at radius 1 is 0.295 bits per heavy atom. The van der Waals surface area contributed by atoms with E-state index >= 15 is 0 Å². The van der Waals surface area contributed by atoms with Crippen molar-refractivity contribution in [3.8, 4) is 0 Å². The molecule has 444 valence electrons. The molecule has 0 fully saturated rings. The molecular weight excluding hydrogens is 957 g/mol. The van der Waals surface area contributed by atoms with Gasteiger partial charge in [0, 0.05) is 12.8 Å². The SMILES string of the molecule is CC/C=C\C/C=C\C/C=C\C/C=C\C/C=C\C/C=C\C/C=C\CCCCCCCCCCCCCC(=O)OC(CO)COC(=O)CCCCCCCCCCCCCCCCCCCC/C=C\C/C=C\C/C=C\C/C=C\CC. The summed E-state index contributed by atoms with van der Waals surface area (Å²) >= 11 is 0. The van der Waals surface area contributed by atoms with E-state index in [1.54, 1.807) is 0 Å². The van der Waals surface area contributed by atoms with Crippen molar-refractivity contribution in [1.29, 1.82) is 0 Å². The molecule has 0 rings (SSSR count). The van der Waals surface area contributed by atoms with Gasteiger partial charge in [-0.1, -0.05) is 308 Å². The number of rotatable bonds is 59. The van der Waals surface area contributed by atoms with Gasteiger partial charge in [-0.2, -0.15) is 0 Å². The van der Waals surface area contributed by atoms with Gasteiger partial charge in [-0.15, -0.1) is 0 Å². The molecule has 1 atom stereocenters. The van der Waals surface area contributed by atoms with Crippen LogP contribution in [0.3, 0.4) is 0 Å². The highest BCUT2D eigenvalue weighted by Crippen LogP contribution is 2.17. The van der Waals surface area contributed by atoms with Crippen molar-refractivity contribution in [3.05, 3.63) is 134 Å². The van der Waals surface area contributed by atoms with E-state index in [9.17, 15) is 14.7 Å². The van der Waals surface area contributed by atoms with Crippen LogP contribution in [0, 0.1) is 0 Å². The summed E-state index contributed by atoms with van der Waals surface area (Å²) in [5.41, 5.74) is 0. The van der Waals surface area contributed by atoms with Crippen LogP contribution in [0.1, 0.15) is 296 Å². The van der Waals surface area contributed by atoms with Gasteiger partial charge in [-0.05, 0) is 109 Å². The first kappa shape index (κ1) is 74.0. The Morgan fingerprint density at radius 2 is 0.513 bits per heavy atom. The Morgan fingerprint density at radius 3 is 0.769 bits per heavy atom. The van der Waals surface area contributed by atoms with Crippen LogP contribution in [0.25, 0.3) is 0 Å². The molecule has 0 saturated carbocycles. The van der Waals surface area contributed by atoms with Gasteiger partial charge in [0.05, 0.1) is 6.61 Å². The third kappa shape index (κ3) is 64.6. The van der Waals surface area contributed by atoms with Crippen LogP contribution >= 0.6 is 0 Å². The van der Waals surface area contributed by atoms with E-state index in [0.717, 1.165) is 109 Å². The molecule has 0 radical (unpaired) electrons. The first-order valence-electron chi connectivity index (χ1n) is 32.7. The predicted octanol–water partition coefficient (Wildman–Crippen LogP) is 22.8. The van der Waals surface area contributed by atoms with Crippen molar-refractivity contribution < 1.29 is 24.2 Å². The molecule has 0 aliphatic carbocycles. The first-order chi connectivity index (χ1) is 38.6. The van der Waals surface area contributed by atoms with E-state index in [1.165, 1.54) is 161 Å². The van der Waals surface area contributed by atoms with Crippen molar-refractivity contribution in [2.75, 3.05) is 13.2 Å². The predicted molar refractivity (Wildman–Crippen MR) is 343 cm³/mol. The number of aliphatic hydroxyl groups is 1. The van der Waals surface area contributed by atoms with Crippen LogP contribution in [0.2, 0.25) is 0 Å². The summed E-state index contributed by atoms with van der Waals surface area (Å²) in [6, 6.07) is 0. The zero-order valence-corrected chi connectivity index (χ0v) is 50.9. The zero-order valence-electron chi connectivity index (χ0n) is 50.9. The molecule has 0 amide bonds. The summed E-state index contributed by atoms with van der Waals surface area (Å²) in [5.74, 6) is -0.590. The van der Waals surface area contributed by atoms with Crippen molar-refractivity contribution in [2.24, 2.45) is 0 Å². The Hall–Kier alpha value is -3.96. The first-order valence-corrected chi connectivity index (χ1v) is 32.7. The summed E-state index contributed by atoms with van der Waals surface area (Å²) in [4.78, 5) is 24.6. The minimum absolute atomic E-state index is 0.0710. The lowest BCUT2D eigenvalue weighted by molar-refractivity contribution is -0.161. The molecule has 78 heavy (non-hydrogen) atoms. The number of hydrogen-bond donors (Lipinski definition) is 1.